The number of carbonyl (C=O) groups is 2. The van der Waals surface area contributed by atoms with Crippen molar-refractivity contribution in [1.29, 1.82) is 0 Å². The molecule has 3 saturated heterocycles. The molecule has 0 aliphatic carbocycles. The zero-order valence-electron chi connectivity index (χ0n) is 14.2. The van der Waals surface area contributed by atoms with Gasteiger partial charge in [0.15, 0.2) is 0 Å². The van der Waals surface area contributed by atoms with Crippen molar-refractivity contribution in [3.8, 4) is 0 Å². The van der Waals surface area contributed by atoms with Crippen LogP contribution in [0.15, 0.2) is 0 Å². The van der Waals surface area contributed by atoms with E-state index in [1.807, 2.05) is 19.6 Å². The van der Waals surface area contributed by atoms with Crippen LogP contribution in [0.5, 0.6) is 0 Å². The van der Waals surface area contributed by atoms with Crippen molar-refractivity contribution in [3.63, 3.8) is 0 Å². The van der Waals surface area contributed by atoms with E-state index in [0.717, 1.165) is 51.9 Å². The molecule has 3 fully saturated rings. The second kappa shape index (κ2) is 7.88. The largest absolute Gasteiger partial charge is 0.325 e. The molecule has 4 amide bonds. The van der Waals surface area contributed by atoms with E-state index in [1.54, 1.807) is 0 Å². The fourth-order valence-electron chi connectivity index (χ4n) is 3.84. The van der Waals surface area contributed by atoms with Crippen molar-refractivity contribution in [2.45, 2.75) is 44.9 Å². The standard InChI is InChI=1S/C17H30N4O2/c22-16(18-8-4-1-2-5-9-18)20-12-14-21(15-13-20)17(23)19-10-6-3-7-11-19/h1-15H2. The first-order chi connectivity index (χ1) is 11.3. The highest BCUT2D eigenvalue weighted by atomic mass is 16.2. The highest BCUT2D eigenvalue weighted by Crippen LogP contribution is 2.15. The summed E-state index contributed by atoms with van der Waals surface area (Å²) in [6, 6.07) is 0.351. The Balaban J connectivity index is 1.47. The number of hydrogen-bond donors (Lipinski definition) is 0. The van der Waals surface area contributed by atoms with E-state index in [4.69, 9.17) is 0 Å². The second-order valence-electron chi connectivity index (χ2n) is 6.99. The van der Waals surface area contributed by atoms with Gasteiger partial charge in [-0.2, -0.15) is 0 Å². The van der Waals surface area contributed by atoms with E-state index < -0.39 is 0 Å². The van der Waals surface area contributed by atoms with Gasteiger partial charge in [0.1, 0.15) is 0 Å². The van der Waals surface area contributed by atoms with Crippen LogP contribution in [0.2, 0.25) is 0 Å². The van der Waals surface area contributed by atoms with Gasteiger partial charge in [0.25, 0.3) is 0 Å². The van der Waals surface area contributed by atoms with Gasteiger partial charge in [-0.05, 0) is 32.1 Å². The molecule has 3 heterocycles. The summed E-state index contributed by atoms with van der Waals surface area (Å²) >= 11 is 0. The SMILES string of the molecule is O=C(N1CCCCCC1)N1CCN(C(=O)N2CCCCC2)CC1. The average molecular weight is 322 g/mol. The van der Waals surface area contributed by atoms with Crippen molar-refractivity contribution in [2.24, 2.45) is 0 Å². The van der Waals surface area contributed by atoms with Gasteiger partial charge >= 0.3 is 12.1 Å². The Morgan fingerprint density at radius 2 is 0.652 bits per heavy atom. The Bertz CT molecular complexity index is 407. The summed E-state index contributed by atoms with van der Waals surface area (Å²) in [6.45, 7) is 6.28. The number of hydrogen-bond acceptors (Lipinski definition) is 2. The molecule has 3 aliphatic heterocycles. The van der Waals surface area contributed by atoms with Gasteiger partial charge in [-0.1, -0.05) is 12.8 Å². The highest BCUT2D eigenvalue weighted by Gasteiger charge is 2.29. The maximum atomic E-state index is 12.6. The van der Waals surface area contributed by atoms with Crippen LogP contribution in [0.25, 0.3) is 0 Å². The minimum Gasteiger partial charge on any atom is -0.325 e. The van der Waals surface area contributed by atoms with Crippen LogP contribution in [0.4, 0.5) is 9.59 Å². The van der Waals surface area contributed by atoms with Crippen molar-refractivity contribution in [2.75, 3.05) is 52.4 Å². The number of likely N-dealkylation sites (tertiary alicyclic amines) is 2. The maximum absolute atomic E-state index is 12.6. The van der Waals surface area contributed by atoms with Crippen molar-refractivity contribution < 1.29 is 9.59 Å². The van der Waals surface area contributed by atoms with E-state index in [1.165, 1.54) is 19.3 Å². The lowest BCUT2D eigenvalue weighted by Gasteiger charge is -2.40. The number of carbonyl (C=O) groups excluding carboxylic acids is 2. The Labute approximate surface area is 139 Å². The molecule has 0 aromatic carbocycles. The molecule has 0 bridgehead atoms. The number of piperidine rings is 1. The fraction of sp³-hybridized carbons (Fsp3) is 0.882. The summed E-state index contributed by atoms with van der Waals surface area (Å²) in [5.41, 5.74) is 0. The molecule has 3 aliphatic rings. The summed E-state index contributed by atoms with van der Waals surface area (Å²) in [6.07, 6.45) is 8.21. The number of amides is 4. The Morgan fingerprint density at radius 3 is 1.00 bits per heavy atom. The molecule has 0 spiro atoms. The molecule has 23 heavy (non-hydrogen) atoms. The first kappa shape index (κ1) is 16.4. The van der Waals surface area contributed by atoms with Gasteiger partial charge in [0.05, 0.1) is 0 Å². The lowest BCUT2D eigenvalue weighted by atomic mass is 10.1. The summed E-state index contributed by atoms with van der Waals surface area (Å²) in [4.78, 5) is 33.0. The van der Waals surface area contributed by atoms with Crippen molar-refractivity contribution in [1.82, 2.24) is 19.6 Å². The highest BCUT2D eigenvalue weighted by molar-refractivity contribution is 5.77. The van der Waals surface area contributed by atoms with Crippen LogP contribution in [0, 0.1) is 0 Å². The van der Waals surface area contributed by atoms with Gasteiger partial charge < -0.3 is 19.6 Å². The molecule has 0 N–H and O–H groups in total. The number of urea groups is 2. The smallest absolute Gasteiger partial charge is 0.320 e. The van der Waals surface area contributed by atoms with E-state index in [9.17, 15) is 9.59 Å². The first-order valence-corrected chi connectivity index (χ1v) is 9.33. The molecule has 0 saturated carbocycles. The Morgan fingerprint density at radius 1 is 0.391 bits per heavy atom. The van der Waals surface area contributed by atoms with Crippen LogP contribution in [-0.4, -0.2) is 84.0 Å². The van der Waals surface area contributed by atoms with Gasteiger partial charge in [-0.25, -0.2) is 9.59 Å². The van der Waals surface area contributed by atoms with Crippen molar-refractivity contribution >= 4 is 12.1 Å². The molecule has 6 heteroatoms. The van der Waals surface area contributed by atoms with Crippen LogP contribution in [0.3, 0.4) is 0 Å². The fourth-order valence-corrected chi connectivity index (χ4v) is 3.84. The summed E-state index contributed by atoms with van der Waals surface area (Å²) in [5, 5.41) is 0. The lowest BCUT2D eigenvalue weighted by Crippen LogP contribution is -2.56. The molecular weight excluding hydrogens is 292 g/mol. The molecule has 0 radical (unpaired) electrons. The predicted octanol–water partition coefficient (Wildman–Crippen LogP) is 2.21. The normalized spacial score (nSPS) is 23.7. The van der Waals surface area contributed by atoms with E-state index in [-0.39, 0.29) is 12.1 Å². The van der Waals surface area contributed by atoms with Gasteiger partial charge in [-0.15, -0.1) is 0 Å². The zero-order chi connectivity index (χ0) is 16.1. The third-order valence-corrected chi connectivity index (χ3v) is 5.32. The molecule has 0 aromatic rings. The lowest BCUT2D eigenvalue weighted by molar-refractivity contribution is 0.101. The minimum absolute atomic E-state index is 0.173. The zero-order valence-corrected chi connectivity index (χ0v) is 14.2. The Kier molecular flexibility index (Phi) is 5.62. The summed E-state index contributed by atoms with van der Waals surface area (Å²) in [7, 11) is 0. The quantitative estimate of drug-likeness (QED) is 0.686. The second-order valence-corrected chi connectivity index (χ2v) is 6.99. The predicted molar refractivity (Wildman–Crippen MR) is 89.4 cm³/mol. The molecule has 6 nitrogen and oxygen atoms in total. The average Bonchev–Trinajstić information content (AvgIpc) is 2.91. The monoisotopic (exact) mass is 322 g/mol. The van der Waals surface area contributed by atoms with E-state index >= 15 is 0 Å². The molecular formula is C17H30N4O2. The molecule has 0 aromatic heterocycles. The number of rotatable bonds is 0. The topological polar surface area (TPSA) is 47.1 Å². The van der Waals surface area contributed by atoms with Crippen LogP contribution in [0.1, 0.15) is 44.9 Å². The maximum Gasteiger partial charge on any atom is 0.320 e. The van der Waals surface area contributed by atoms with E-state index in [0.29, 0.717) is 26.2 Å². The number of piperazine rings is 1. The summed E-state index contributed by atoms with van der Waals surface area (Å²) < 4.78 is 0. The van der Waals surface area contributed by atoms with Gasteiger partial charge in [0, 0.05) is 52.4 Å². The van der Waals surface area contributed by atoms with Crippen LogP contribution in [-0.2, 0) is 0 Å². The summed E-state index contributed by atoms with van der Waals surface area (Å²) in [5.74, 6) is 0. The molecule has 0 unspecified atom stereocenters. The van der Waals surface area contributed by atoms with Crippen LogP contribution >= 0.6 is 0 Å². The molecule has 130 valence electrons. The van der Waals surface area contributed by atoms with Crippen LogP contribution < -0.4 is 0 Å². The van der Waals surface area contributed by atoms with Gasteiger partial charge in [-0.3, -0.25) is 0 Å². The third kappa shape index (κ3) is 4.09. The minimum atomic E-state index is 0.173. The van der Waals surface area contributed by atoms with Gasteiger partial charge in [0.2, 0.25) is 0 Å². The molecule has 0 atom stereocenters. The number of nitrogens with zero attached hydrogens (tertiary/aromatic N) is 4. The Hall–Kier alpha value is -1.46. The van der Waals surface area contributed by atoms with E-state index in [2.05, 4.69) is 0 Å². The molecule has 3 rings (SSSR count). The van der Waals surface area contributed by atoms with Crippen molar-refractivity contribution in [3.05, 3.63) is 0 Å². The first-order valence-electron chi connectivity index (χ1n) is 9.33. The third-order valence-electron chi connectivity index (χ3n) is 5.32.